The van der Waals surface area contributed by atoms with Crippen molar-refractivity contribution in [3.05, 3.63) is 83.7 Å². The van der Waals surface area contributed by atoms with E-state index in [0.29, 0.717) is 5.84 Å². The smallest absolute Gasteiger partial charge is 0.234 e. The van der Waals surface area contributed by atoms with Crippen LogP contribution in [0.25, 0.3) is 11.8 Å². The summed E-state index contributed by atoms with van der Waals surface area (Å²) in [5, 5.41) is 4.33. The third-order valence-electron chi connectivity index (χ3n) is 5.55. The maximum Gasteiger partial charge on any atom is 0.234 e. The number of methoxy groups -OCH3 is 1. The first kappa shape index (κ1) is 21.6. The lowest BCUT2D eigenvalue weighted by Gasteiger charge is -2.34. The van der Waals surface area contributed by atoms with Crippen molar-refractivity contribution in [3.63, 3.8) is 0 Å². The number of hydrogen-bond acceptors (Lipinski definition) is 5. The van der Waals surface area contributed by atoms with Crippen molar-refractivity contribution in [2.75, 3.05) is 13.7 Å². The minimum absolute atomic E-state index is 0.276. The Bertz CT molecular complexity index is 1150. The fourth-order valence-corrected chi connectivity index (χ4v) is 3.83. The van der Waals surface area contributed by atoms with E-state index in [2.05, 4.69) is 22.0 Å². The van der Waals surface area contributed by atoms with Crippen molar-refractivity contribution in [1.82, 2.24) is 14.5 Å². The highest BCUT2D eigenvalue weighted by Gasteiger charge is 2.42. The van der Waals surface area contributed by atoms with Gasteiger partial charge in [0.05, 0.1) is 24.8 Å². The molecule has 166 valence electrons. The summed E-state index contributed by atoms with van der Waals surface area (Å²) in [6.07, 6.45) is 8.55. The van der Waals surface area contributed by atoms with Crippen LogP contribution in [-0.2, 0) is 10.6 Å². The quantitative estimate of drug-likeness (QED) is 0.508. The molecule has 32 heavy (non-hydrogen) atoms. The molecule has 0 saturated heterocycles. The number of nitrogens with zero attached hydrogens (tertiary/aromatic N) is 4. The standard InChI is InChI=1S/C25H27FN4O2/c1-5-14-30-24(28-32-25(30,3)20-8-10-21(26)11-9-20)13-7-19-6-12-22(23(15-19)31-4)29-16-18(2)27-17-29/h6-13,15-17H,5,14H2,1-4H3. The Morgan fingerprint density at radius 1 is 1.16 bits per heavy atom. The molecule has 0 bridgehead atoms. The Labute approximate surface area is 187 Å². The Kier molecular flexibility index (Phi) is 5.99. The normalized spacial score (nSPS) is 18.2. The summed E-state index contributed by atoms with van der Waals surface area (Å²) in [5.74, 6) is 1.18. The Morgan fingerprint density at radius 2 is 1.94 bits per heavy atom. The van der Waals surface area contributed by atoms with Gasteiger partial charge in [0.15, 0.2) is 5.84 Å². The highest BCUT2D eigenvalue weighted by Crippen LogP contribution is 2.35. The first-order valence-corrected chi connectivity index (χ1v) is 10.6. The largest absolute Gasteiger partial charge is 0.495 e. The zero-order chi connectivity index (χ0) is 22.7. The number of aryl methyl sites for hydroxylation is 1. The fraction of sp³-hybridized carbons (Fsp3) is 0.280. The molecule has 1 unspecified atom stereocenters. The van der Waals surface area contributed by atoms with Gasteiger partial charge in [0, 0.05) is 25.2 Å². The lowest BCUT2D eigenvalue weighted by atomic mass is 10.0. The first-order valence-electron chi connectivity index (χ1n) is 10.6. The molecule has 1 aromatic heterocycles. The number of amidine groups is 1. The number of imidazole rings is 1. The Hall–Kier alpha value is -3.61. The molecule has 2 heterocycles. The lowest BCUT2D eigenvalue weighted by molar-refractivity contribution is -0.0902. The molecule has 1 atom stereocenters. The SMILES string of the molecule is CCCN1C(C=Cc2ccc(-n3cnc(C)c3)c(OC)c2)=NOC1(C)c1ccc(F)cc1. The van der Waals surface area contributed by atoms with Crippen LogP contribution >= 0.6 is 0 Å². The second kappa shape index (κ2) is 8.86. The monoisotopic (exact) mass is 434 g/mol. The first-order chi connectivity index (χ1) is 15.4. The van der Waals surface area contributed by atoms with Gasteiger partial charge in [0.2, 0.25) is 5.72 Å². The molecule has 0 radical (unpaired) electrons. The predicted molar refractivity (Wildman–Crippen MR) is 123 cm³/mol. The van der Waals surface area contributed by atoms with Crippen LogP contribution in [0.4, 0.5) is 4.39 Å². The maximum atomic E-state index is 13.4. The predicted octanol–water partition coefficient (Wildman–Crippen LogP) is 5.27. The van der Waals surface area contributed by atoms with Gasteiger partial charge < -0.3 is 19.0 Å². The van der Waals surface area contributed by atoms with Crippen molar-refractivity contribution in [2.45, 2.75) is 32.9 Å². The minimum Gasteiger partial charge on any atom is -0.495 e. The molecule has 0 amide bonds. The number of benzene rings is 2. The van der Waals surface area contributed by atoms with Crippen molar-refractivity contribution in [3.8, 4) is 11.4 Å². The zero-order valence-electron chi connectivity index (χ0n) is 18.7. The molecule has 0 aliphatic carbocycles. The van der Waals surface area contributed by atoms with Crippen molar-refractivity contribution in [1.29, 1.82) is 0 Å². The van der Waals surface area contributed by atoms with Gasteiger partial charge in [-0.05, 0) is 49.2 Å². The van der Waals surface area contributed by atoms with Gasteiger partial charge in [0.25, 0.3) is 0 Å². The highest BCUT2D eigenvalue weighted by atomic mass is 19.1. The van der Waals surface area contributed by atoms with Crippen LogP contribution in [0.1, 0.15) is 37.1 Å². The van der Waals surface area contributed by atoms with E-state index in [0.717, 1.165) is 41.2 Å². The third kappa shape index (κ3) is 4.10. The van der Waals surface area contributed by atoms with Crippen molar-refractivity contribution >= 4 is 11.9 Å². The molecule has 0 N–H and O–H groups in total. The average molecular weight is 435 g/mol. The van der Waals surface area contributed by atoms with E-state index in [1.54, 1.807) is 25.6 Å². The molecule has 0 saturated carbocycles. The van der Waals surface area contributed by atoms with Crippen LogP contribution in [0.3, 0.4) is 0 Å². The van der Waals surface area contributed by atoms with E-state index in [-0.39, 0.29) is 5.82 Å². The summed E-state index contributed by atoms with van der Waals surface area (Å²) in [7, 11) is 1.65. The van der Waals surface area contributed by atoms with Gasteiger partial charge in [-0.3, -0.25) is 0 Å². The zero-order valence-corrected chi connectivity index (χ0v) is 18.7. The molecule has 7 heteroatoms. The number of rotatable bonds is 7. The second-order valence-corrected chi connectivity index (χ2v) is 7.87. The molecule has 2 aromatic carbocycles. The highest BCUT2D eigenvalue weighted by molar-refractivity contribution is 5.97. The number of oxime groups is 1. The molecule has 0 spiro atoms. The van der Waals surface area contributed by atoms with Crippen LogP contribution in [0.5, 0.6) is 5.75 Å². The van der Waals surface area contributed by atoms with Gasteiger partial charge in [-0.2, -0.15) is 0 Å². The van der Waals surface area contributed by atoms with E-state index in [9.17, 15) is 4.39 Å². The van der Waals surface area contributed by atoms with Crippen molar-refractivity contribution in [2.24, 2.45) is 5.16 Å². The molecular formula is C25H27FN4O2. The van der Waals surface area contributed by atoms with Crippen LogP contribution in [-0.4, -0.2) is 33.9 Å². The number of hydrogen-bond donors (Lipinski definition) is 0. The second-order valence-electron chi connectivity index (χ2n) is 7.87. The molecule has 0 fully saturated rings. The average Bonchev–Trinajstić information content (AvgIpc) is 3.37. The number of ether oxygens (including phenoxy) is 1. The summed E-state index contributed by atoms with van der Waals surface area (Å²) in [4.78, 5) is 12.2. The summed E-state index contributed by atoms with van der Waals surface area (Å²) < 4.78 is 21.0. The van der Waals surface area contributed by atoms with Gasteiger partial charge >= 0.3 is 0 Å². The van der Waals surface area contributed by atoms with Crippen LogP contribution < -0.4 is 4.74 Å². The van der Waals surface area contributed by atoms with Crippen molar-refractivity contribution < 1.29 is 14.0 Å². The number of aromatic nitrogens is 2. The molecule has 1 aliphatic heterocycles. The van der Waals surface area contributed by atoms with E-state index in [1.807, 2.05) is 55.0 Å². The Morgan fingerprint density at radius 3 is 2.59 bits per heavy atom. The van der Waals surface area contributed by atoms with E-state index >= 15 is 0 Å². The Balaban J connectivity index is 1.59. The molecular weight excluding hydrogens is 407 g/mol. The summed E-state index contributed by atoms with van der Waals surface area (Å²) in [6, 6.07) is 12.3. The molecule has 4 rings (SSSR count). The fourth-order valence-electron chi connectivity index (χ4n) is 3.83. The minimum atomic E-state index is -0.787. The van der Waals surface area contributed by atoms with E-state index < -0.39 is 5.72 Å². The molecule has 3 aromatic rings. The number of halogens is 1. The summed E-state index contributed by atoms with van der Waals surface area (Å²) in [5.41, 5.74) is 2.89. The van der Waals surface area contributed by atoms with Gasteiger partial charge in [-0.1, -0.05) is 36.4 Å². The topological polar surface area (TPSA) is 51.9 Å². The van der Waals surface area contributed by atoms with E-state index in [4.69, 9.17) is 9.57 Å². The molecule has 6 nitrogen and oxygen atoms in total. The molecule has 1 aliphatic rings. The van der Waals surface area contributed by atoms with E-state index in [1.165, 1.54) is 12.1 Å². The third-order valence-corrected chi connectivity index (χ3v) is 5.55. The maximum absolute atomic E-state index is 13.4. The lowest BCUT2D eigenvalue weighted by Crippen LogP contribution is -2.43. The summed E-state index contributed by atoms with van der Waals surface area (Å²) >= 11 is 0. The van der Waals surface area contributed by atoms with Gasteiger partial charge in [-0.15, -0.1) is 0 Å². The summed E-state index contributed by atoms with van der Waals surface area (Å²) in [6.45, 7) is 6.75. The van der Waals surface area contributed by atoms with Crippen LogP contribution in [0.2, 0.25) is 0 Å². The van der Waals surface area contributed by atoms with Crippen LogP contribution in [0, 0.1) is 12.7 Å². The van der Waals surface area contributed by atoms with Crippen LogP contribution in [0.15, 0.2) is 66.2 Å². The van der Waals surface area contributed by atoms with Gasteiger partial charge in [-0.25, -0.2) is 9.37 Å². The van der Waals surface area contributed by atoms with Gasteiger partial charge in [0.1, 0.15) is 11.6 Å².